The maximum atomic E-state index is 5.60. The molecule has 0 bridgehead atoms. The number of benzene rings is 2. The summed E-state index contributed by atoms with van der Waals surface area (Å²) in [5.41, 5.74) is 7.30. The molecule has 2 aromatic carbocycles. The van der Waals surface area contributed by atoms with Crippen molar-refractivity contribution in [2.24, 2.45) is 5.10 Å². The standard InChI is InChI=1S/C20H21N3O/c1-4-24-18-11-6-5-9-16(18)13-21-23-19-12-15(3)17-10-7-8-14(2)20(17)22-19/h5-13H,4H2,1-3H3,(H,22,23). The molecule has 4 heteroatoms. The normalized spacial score (nSPS) is 11.1. The van der Waals surface area contributed by atoms with Gasteiger partial charge in [-0.1, -0.05) is 30.3 Å². The molecular weight excluding hydrogens is 298 g/mol. The zero-order valence-electron chi connectivity index (χ0n) is 14.2. The summed E-state index contributed by atoms with van der Waals surface area (Å²) >= 11 is 0. The zero-order valence-corrected chi connectivity index (χ0v) is 14.2. The molecule has 0 atom stereocenters. The first kappa shape index (κ1) is 16.0. The van der Waals surface area contributed by atoms with E-state index in [1.807, 2.05) is 37.3 Å². The Hall–Kier alpha value is -2.88. The Morgan fingerprint density at radius 3 is 2.75 bits per heavy atom. The van der Waals surface area contributed by atoms with Crippen molar-refractivity contribution in [2.75, 3.05) is 12.0 Å². The van der Waals surface area contributed by atoms with Crippen molar-refractivity contribution in [1.82, 2.24) is 4.98 Å². The molecule has 0 saturated heterocycles. The lowest BCUT2D eigenvalue weighted by molar-refractivity contribution is 0.340. The molecule has 0 unspecified atom stereocenters. The van der Waals surface area contributed by atoms with Crippen LogP contribution in [-0.2, 0) is 0 Å². The van der Waals surface area contributed by atoms with Gasteiger partial charge in [0, 0.05) is 10.9 Å². The average Bonchev–Trinajstić information content (AvgIpc) is 2.58. The van der Waals surface area contributed by atoms with Crippen LogP contribution in [0.5, 0.6) is 5.75 Å². The number of nitrogens with zero attached hydrogens (tertiary/aromatic N) is 2. The van der Waals surface area contributed by atoms with E-state index in [-0.39, 0.29) is 0 Å². The first-order valence-corrected chi connectivity index (χ1v) is 8.07. The number of hydrogen-bond acceptors (Lipinski definition) is 4. The molecule has 1 aromatic heterocycles. The van der Waals surface area contributed by atoms with E-state index in [2.05, 4.69) is 47.6 Å². The van der Waals surface area contributed by atoms with Crippen molar-refractivity contribution >= 4 is 22.9 Å². The van der Waals surface area contributed by atoms with E-state index in [0.29, 0.717) is 6.61 Å². The third-order valence-corrected chi connectivity index (χ3v) is 3.85. The lowest BCUT2D eigenvalue weighted by atomic mass is 10.1. The second kappa shape index (κ2) is 7.13. The van der Waals surface area contributed by atoms with Crippen LogP contribution in [-0.4, -0.2) is 17.8 Å². The van der Waals surface area contributed by atoms with E-state index in [4.69, 9.17) is 4.74 Å². The van der Waals surface area contributed by atoms with Gasteiger partial charge in [0.2, 0.25) is 0 Å². The van der Waals surface area contributed by atoms with Crippen molar-refractivity contribution in [1.29, 1.82) is 0 Å². The third kappa shape index (κ3) is 3.38. The Morgan fingerprint density at radius 1 is 1.08 bits per heavy atom. The summed E-state index contributed by atoms with van der Waals surface area (Å²) in [5, 5.41) is 5.49. The molecule has 3 aromatic rings. The Bertz CT molecular complexity index is 887. The number of ether oxygens (including phenoxy) is 1. The predicted molar refractivity (Wildman–Crippen MR) is 100 cm³/mol. The molecule has 0 radical (unpaired) electrons. The van der Waals surface area contributed by atoms with Gasteiger partial charge in [0.1, 0.15) is 11.6 Å². The van der Waals surface area contributed by atoms with Crippen LogP contribution >= 0.6 is 0 Å². The molecule has 0 spiro atoms. The number of aromatic nitrogens is 1. The van der Waals surface area contributed by atoms with Crippen molar-refractivity contribution in [3.8, 4) is 5.75 Å². The molecule has 24 heavy (non-hydrogen) atoms. The van der Waals surface area contributed by atoms with Crippen LogP contribution < -0.4 is 10.2 Å². The van der Waals surface area contributed by atoms with Gasteiger partial charge in [0.15, 0.2) is 0 Å². The minimum Gasteiger partial charge on any atom is -0.493 e. The number of nitrogens with one attached hydrogen (secondary N) is 1. The van der Waals surface area contributed by atoms with Crippen LogP contribution in [0.3, 0.4) is 0 Å². The maximum absolute atomic E-state index is 5.60. The molecule has 4 nitrogen and oxygen atoms in total. The fourth-order valence-electron chi connectivity index (χ4n) is 2.66. The van der Waals surface area contributed by atoms with Crippen LogP contribution in [0, 0.1) is 13.8 Å². The summed E-state index contributed by atoms with van der Waals surface area (Å²) in [5.74, 6) is 1.56. The summed E-state index contributed by atoms with van der Waals surface area (Å²) in [4.78, 5) is 4.67. The molecule has 0 aliphatic heterocycles. The van der Waals surface area contributed by atoms with Gasteiger partial charge in [-0.05, 0) is 50.1 Å². The first-order valence-electron chi connectivity index (χ1n) is 8.07. The second-order valence-corrected chi connectivity index (χ2v) is 5.64. The van der Waals surface area contributed by atoms with E-state index in [1.54, 1.807) is 6.21 Å². The SMILES string of the molecule is CCOc1ccccc1C=NNc1cc(C)c2cccc(C)c2n1. The molecule has 3 rings (SSSR count). The van der Waals surface area contributed by atoms with Crippen molar-refractivity contribution in [2.45, 2.75) is 20.8 Å². The molecule has 122 valence electrons. The maximum Gasteiger partial charge on any atom is 0.147 e. The number of anilines is 1. The highest BCUT2D eigenvalue weighted by Gasteiger charge is 2.04. The van der Waals surface area contributed by atoms with Gasteiger partial charge < -0.3 is 4.74 Å². The molecule has 0 saturated carbocycles. The second-order valence-electron chi connectivity index (χ2n) is 5.64. The summed E-state index contributed by atoms with van der Waals surface area (Å²) in [6.07, 6.45) is 1.75. The molecule has 1 heterocycles. The highest BCUT2D eigenvalue weighted by Crippen LogP contribution is 2.23. The number of aryl methyl sites for hydroxylation is 2. The number of hydrogen-bond donors (Lipinski definition) is 1. The lowest BCUT2D eigenvalue weighted by Gasteiger charge is -2.08. The van der Waals surface area contributed by atoms with Gasteiger partial charge in [-0.15, -0.1) is 0 Å². The van der Waals surface area contributed by atoms with Crippen LogP contribution in [0.2, 0.25) is 0 Å². The molecule has 0 fully saturated rings. The van der Waals surface area contributed by atoms with Gasteiger partial charge >= 0.3 is 0 Å². The molecule has 0 amide bonds. The van der Waals surface area contributed by atoms with Gasteiger partial charge in [-0.25, -0.2) is 4.98 Å². The van der Waals surface area contributed by atoms with E-state index < -0.39 is 0 Å². The lowest BCUT2D eigenvalue weighted by Crippen LogP contribution is -1.98. The summed E-state index contributed by atoms with van der Waals surface area (Å²) in [6.45, 7) is 6.75. The Kier molecular flexibility index (Phi) is 4.75. The fraction of sp³-hybridized carbons (Fsp3) is 0.200. The van der Waals surface area contributed by atoms with Crippen LogP contribution in [0.1, 0.15) is 23.6 Å². The number of fused-ring (bicyclic) bond motifs is 1. The number of rotatable bonds is 5. The van der Waals surface area contributed by atoms with Crippen LogP contribution in [0.25, 0.3) is 10.9 Å². The summed E-state index contributed by atoms with van der Waals surface area (Å²) in [6, 6.07) is 16.1. The number of pyridine rings is 1. The molecule has 0 aliphatic rings. The van der Waals surface area contributed by atoms with E-state index in [1.165, 1.54) is 10.9 Å². The quantitative estimate of drug-likeness (QED) is 0.548. The minimum absolute atomic E-state index is 0.628. The van der Waals surface area contributed by atoms with E-state index in [0.717, 1.165) is 28.2 Å². The van der Waals surface area contributed by atoms with E-state index >= 15 is 0 Å². The van der Waals surface area contributed by atoms with E-state index in [9.17, 15) is 0 Å². The Morgan fingerprint density at radius 2 is 1.92 bits per heavy atom. The van der Waals surface area contributed by atoms with Crippen molar-refractivity contribution in [3.63, 3.8) is 0 Å². The Balaban J connectivity index is 1.85. The van der Waals surface area contributed by atoms with Crippen molar-refractivity contribution in [3.05, 3.63) is 65.2 Å². The predicted octanol–water partition coefficient (Wildman–Crippen LogP) is 4.70. The van der Waals surface area contributed by atoms with Gasteiger partial charge in [0.25, 0.3) is 0 Å². The highest BCUT2D eigenvalue weighted by atomic mass is 16.5. The molecule has 1 N–H and O–H groups in total. The molecule has 0 aliphatic carbocycles. The first-order chi connectivity index (χ1) is 11.7. The largest absolute Gasteiger partial charge is 0.493 e. The van der Waals surface area contributed by atoms with Crippen LogP contribution in [0.15, 0.2) is 53.6 Å². The minimum atomic E-state index is 0.628. The average molecular weight is 319 g/mol. The number of hydrazone groups is 1. The fourth-order valence-corrected chi connectivity index (χ4v) is 2.66. The van der Waals surface area contributed by atoms with Crippen molar-refractivity contribution < 1.29 is 4.74 Å². The van der Waals surface area contributed by atoms with Gasteiger partial charge in [-0.2, -0.15) is 5.10 Å². The third-order valence-electron chi connectivity index (χ3n) is 3.85. The molecular formula is C20H21N3O. The topological polar surface area (TPSA) is 46.5 Å². The number of para-hydroxylation sites is 2. The smallest absolute Gasteiger partial charge is 0.147 e. The highest BCUT2D eigenvalue weighted by molar-refractivity contribution is 5.87. The zero-order chi connectivity index (χ0) is 16.9. The Labute approximate surface area is 142 Å². The summed E-state index contributed by atoms with van der Waals surface area (Å²) < 4.78 is 5.60. The van der Waals surface area contributed by atoms with Crippen LogP contribution in [0.4, 0.5) is 5.82 Å². The van der Waals surface area contributed by atoms with Gasteiger partial charge in [-0.3, -0.25) is 5.43 Å². The monoisotopic (exact) mass is 319 g/mol. The van der Waals surface area contributed by atoms with Gasteiger partial charge in [0.05, 0.1) is 18.3 Å². The summed E-state index contributed by atoms with van der Waals surface area (Å²) in [7, 11) is 0.